The average molecular weight is 357 g/mol. The van der Waals surface area contributed by atoms with E-state index in [1.165, 1.54) is 19.8 Å². The lowest BCUT2D eigenvalue weighted by atomic mass is 10.1. The van der Waals surface area contributed by atoms with Crippen LogP contribution in [0, 0.1) is 5.92 Å². The van der Waals surface area contributed by atoms with Gasteiger partial charge >= 0.3 is 0 Å². The SMILES string of the molecule is CC(=O)C(C)Nc1nc2c(c(N=C(N)/N=C(\N)C3CCCC3)n1)CCC2. The number of aliphatic imine (C=N–C) groups is 2. The van der Waals surface area contributed by atoms with Crippen molar-refractivity contribution in [1.82, 2.24) is 9.97 Å². The highest BCUT2D eigenvalue weighted by molar-refractivity contribution is 5.96. The second-order valence-corrected chi connectivity index (χ2v) is 7.11. The molecule has 1 heterocycles. The Bertz CT molecular complexity index is 750. The molecular formula is C18H27N7O. The lowest BCUT2D eigenvalue weighted by Gasteiger charge is -2.13. The predicted octanol–water partition coefficient (Wildman–Crippen LogP) is 1.85. The van der Waals surface area contributed by atoms with E-state index >= 15 is 0 Å². The first kappa shape index (κ1) is 18.3. The van der Waals surface area contributed by atoms with Gasteiger partial charge in [-0.25, -0.2) is 9.98 Å². The molecule has 1 aromatic rings. The number of carbonyl (C=O) groups excluding carboxylic acids is 1. The first-order valence-corrected chi connectivity index (χ1v) is 9.29. The average Bonchev–Trinajstić information content (AvgIpc) is 3.26. The molecule has 8 heteroatoms. The van der Waals surface area contributed by atoms with E-state index in [9.17, 15) is 4.79 Å². The summed E-state index contributed by atoms with van der Waals surface area (Å²) >= 11 is 0. The summed E-state index contributed by atoms with van der Waals surface area (Å²) in [4.78, 5) is 29.2. The first-order chi connectivity index (χ1) is 12.4. The Morgan fingerprint density at radius 2 is 1.92 bits per heavy atom. The number of carbonyl (C=O) groups is 1. The van der Waals surface area contributed by atoms with Crippen LogP contribution in [-0.4, -0.2) is 33.6 Å². The fraction of sp³-hybridized carbons (Fsp3) is 0.611. The van der Waals surface area contributed by atoms with E-state index in [-0.39, 0.29) is 17.8 Å². The summed E-state index contributed by atoms with van der Waals surface area (Å²) in [5, 5.41) is 3.03. The van der Waals surface area contributed by atoms with Crippen molar-refractivity contribution in [3.8, 4) is 0 Å². The van der Waals surface area contributed by atoms with Gasteiger partial charge in [0, 0.05) is 11.5 Å². The van der Waals surface area contributed by atoms with Gasteiger partial charge in [0.1, 0.15) is 5.84 Å². The minimum absolute atomic E-state index is 0.0209. The third kappa shape index (κ3) is 4.17. The number of nitrogens with two attached hydrogens (primary N) is 2. The maximum atomic E-state index is 11.5. The number of guanidine groups is 1. The monoisotopic (exact) mass is 357 g/mol. The van der Waals surface area contributed by atoms with Crippen LogP contribution in [0.1, 0.15) is 57.2 Å². The zero-order valence-electron chi connectivity index (χ0n) is 15.5. The molecule has 140 valence electrons. The standard InChI is InChI=1S/C18H27N7O/c1-10(11(2)26)21-18-22-14-9-5-8-13(14)16(25-18)24-17(20)23-15(19)12-6-3-4-7-12/h10,12H,3-9H2,1-2H3,(H5,19,20,21,22,23,24,25). The molecule has 0 saturated heterocycles. The summed E-state index contributed by atoms with van der Waals surface area (Å²) in [6.07, 6.45) is 7.22. The van der Waals surface area contributed by atoms with Crippen molar-refractivity contribution >= 4 is 29.3 Å². The van der Waals surface area contributed by atoms with Gasteiger partial charge in [0.05, 0.1) is 11.7 Å². The molecule has 2 aliphatic carbocycles. The first-order valence-electron chi connectivity index (χ1n) is 9.29. The normalized spacial score (nSPS) is 19.5. The van der Waals surface area contributed by atoms with E-state index < -0.39 is 0 Å². The van der Waals surface area contributed by atoms with Crippen molar-refractivity contribution in [2.24, 2.45) is 27.4 Å². The molecular weight excluding hydrogens is 330 g/mol. The van der Waals surface area contributed by atoms with Gasteiger partial charge in [-0.05, 0) is 46.0 Å². The van der Waals surface area contributed by atoms with E-state index in [1.54, 1.807) is 6.92 Å². The van der Waals surface area contributed by atoms with E-state index in [0.29, 0.717) is 23.5 Å². The van der Waals surface area contributed by atoms with Crippen LogP contribution in [0.15, 0.2) is 9.98 Å². The predicted molar refractivity (Wildman–Crippen MR) is 103 cm³/mol. The summed E-state index contributed by atoms with van der Waals surface area (Å²) in [5.41, 5.74) is 14.1. The number of anilines is 1. The molecule has 2 aliphatic rings. The molecule has 0 spiro atoms. The Morgan fingerprint density at radius 3 is 2.62 bits per heavy atom. The summed E-state index contributed by atoms with van der Waals surface area (Å²) in [7, 11) is 0. The fourth-order valence-corrected chi connectivity index (χ4v) is 3.44. The molecule has 1 aromatic heterocycles. The third-order valence-electron chi connectivity index (χ3n) is 5.10. The number of nitrogens with zero attached hydrogens (tertiary/aromatic N) is 4. The number of aryl methyl sites for hydroxylation is 1. The molecule has 3 rings (SSSR count). The molecule has 5 N–H and O–H groups in total. The molecule has 8 nitrogen and oxygen atoms in total. The van der Waals surface area contributed by atoms with Crippen LogP contribution in [0.5, 0.6) is 0 Å². The van der Waals surface area contributed by atoms with Gasteiger partial charge in [-0.1, -0.05) is 12.8 Å². The quantitative estimate of drug-likeness (QED) is 0.544. The zero-order valence-corrected chi connectivity index (χ0v) is 15.5. The van der Waals surface area contributed by atoms with E-state index in [0.717, 1.165) is 43.4 Å². The molecule has 1 saturated carbocycles. The summed E-state index contributed by atoms with van der Waals surface area (Å²) < 4.78 is 0. The van der Waals surface area contributed by atoms with Crippen LogP contribution in [0.3, 0.4) is 0 Å². The number of rotatable bonds is 5. The van der Waals surface area contributed by atoms with Gasteiger partial charge in [-0.3, -0.25) is 4.79 Å². The molecule has 1 unspecified atom stereocenters. The lowest BCUT2D eigenvalue weighted by Crippen LogP contribution is -2.25. The summed E-state index contributed by atoms with van der Waals surface area (Å²) in [5.74, 6) is 1.91. The number of amidine groups is 1. The topological polar surface area (TPSA) is 132 Å². The molecule has 0 aliphatic heterocycles. The Balaban J connectivity index is 1.87. The molecule has 0 aromatic carbocycles. The van der Waals surface area contributed by atoms with Crippen LogP contribution >= 0.6 is 0 Å². The highest BCUT2D eigenvalue weighted by Crippen LogP contribution is 2.30. The van der Waals surface area contributed by atoms with Gasteiger partial charge in [0.2, 0.25) is 11.9 Å². The van der Waals surface area contributed by atoms with Crippen LogP contribution in [-0.2, 0) is 17.6 Å². The summed E-state index contributed by atoms with van der Waals surface area (Å²) in [6, 6.07) is -0.361. The van der Waals surface area contributed by atoms with Crippen LogP contribution in [0.2, 0.25) is 0 Å². The van der Waals surface area contributed by atoms with Crippen LogP contribution in [0.25, 0.3) is 0 Å². The number of hydrogen-bond donors (Lipinski definition) is 3. The Labute approximate surface area is 153 Å². The fourth-order valence-electron chi connectivity index (χ4n) is 3.44. The number of hydrogen-bond acceptors (Lipinski definition) is 5. The number of Topliss-reactive ketones (excluding diaryl/α,β-unsaturated/α-hetero) is 1. The lowest BCUT2D eigenvalue weighted by molar-refractivity contribution is -0.117. The Morgan fingerprint density at radius 1 is 1.19 bits per heavy atom. The number of nitrogens with one attached hydrogen (secondary N) is 1. The highest BCUT2D eigenvalue weighted by Gasteiger charge is 2.21. The van der Waals surface area contributed by atoms with Crippen molar-refractivity contribution in [1.29, 1.82) is 0 Å². The minimum atomic E-state index is -0.361. The van der Waals surface area contributed by atoms with Crippen molar-refractivity contribution in [2.45, 2.75) is 64.8 Å². The van der Waals surface area contributed by atoms with Gasteiger partial charge in [-0.2, -0.15) is 9.98 Å². The largest absolute Gasteiger partial charge is 0.387 e. The van der Waals surface area contributed by atoms with Gasteiger partial charge in [0.15, 0.2) is 11.6 Å². The third-order valence-corrected chi connectivity index (χ3v) is 5.10. The molecule has 1 fully saturated rings. The van der Waals surface area contributed by atoms with Gasteiger partial charge in [0.25, 0.3) is 0 Å². The zero-order chi connectivity index (χ0) is 18.7. The van der Waals surface area contributed by atoms with Crippen molar-refractivity contribution < 1.29 is 4.79 Å². The highest BCUT2D eigenvalue weighted by atomic mass is 16.1. The van der Waals surface area contributed by atoms with Crippen molar-refractivity contribution in [2.75, 3.05) is 5.32 Å². The van der Waals surface area contributed by atoms with Gasteiger partial charge in [-0.15, -0.1) is 0 Å². The van der Waals surface area contributed by atoms with Crippen LogP contribution < -0.4 is 16.8 Å². The molecule has 0 radical (unpaired) electrons. The van der Waals surface area contributed by atoms with E-state index in [1.807, 2.05) is 0 Å². The van der Waals surface area contributed by atoms with Gasteiger partial charge < -0.3 is 16.8 Å². The number of aromatic nitrogens is 2. The second kappa shape index (κ2) is 7.80. The van der Waals surface area contributed by atoms with Crippen molar-refractivity contribution in [3.05, 3.63) is 11.3 Å². The molecule has 1 atom stereocenters. The Hall–Kier alpha value is -2.51. The number of ketones is 1. The molecule has 26 heavy (non-hydrogen) atoms. The van der Waals surface area contributed by atoms with Crippen LogP contribution in [0.4, 0.5) is 11.8 Å². The number of fused-ring (bicyclic) bond motifs is 1. The minimum Gasteiger partial charge on any atom is -0.387 e. The van der Waals surface area contributed by atoms with Crippen molar-refractivity contribution in [3.63, 3.8) is 0 Å². The Kier molecular flexibility index (Phi) is 5.49. The maximum absolute atomic E-state index is 11.5. The summed E-state index contributed by atoms with van der Waals surface area (Å²) in [6.45, 7) is 3.31. The smallest absolute Gasteiger partial charge is 0.225 e. The van der Waals surface area contributed by atoms with E-state index in [2.05, 4.69) is 25.3 Å². The maximum Gasteiger partial charge on any atom is 0.225 e. The molecule has 0 bridgehead atoms. The molecule has 0 amide bonds. The second-order valence-electron chi connectivity index (χ2n) is 7.11. The van der Waals surface area contributed by atoms with E-state index in [4.69, 9.17) is 11.5 Å².